The van der Waals surface area contributed by atoms with Crippen molar-refractivity contribution >= 4 is 15.7 Å². The second-order valence-electron chi connectivity index (χ2n) is 10.2. The molecule has 11 heteroatoms. The fourth-order valence-electron chi connectivity index (χ4n) is 5.78. The van der Waals surface area contributed by atoms with Gasteiger partial charge >= 0.3 is 6.18 Å². The Hall–Kier alpha value is -1.69. The van der Waals surface area contributed by atoms with Gasteiger partial charge in [0.25, 0.3) is 0 Å². The first-order valence-corrected chi connectivity index (χ1v) is 13.6. The summed E-state index contributed by atoms with van der Waals surface area (Å²) in [6.07, 6.45) is -2.04. The second-order valence-corrected chi connectivity index (χ2v) is 12.2. The number of alkyl halides is 3. The first-order chi connectivity index (χ1) is 16.4. The number of nitrogens with one attached hydrogen (secondary N) is 1. The van der Waals surface area contributed by atoms with Gasteiger partial charge in [0, 0.05) is 32.3 Å². The molecule has 35 heavy (non-hydrogen) atoms. The van der Waals surface area contributed by atoms with Crippen molar-refractivity contribution in [1.82, 2.24) is 10.2 Å². The van der Waals surface area contributed by atoms with E-state index in [0.717, 1.165) is 31.0 Å². The van der Waals surface area contributed by atoms with Crippen LogP contribution in [0.2, 0.25) is 0 Å². The van der Waals surface area contributed by atoms with E-state index >= 15 is 0 Å². The highest BCUT2D eigenvalue weighted by Gasteiger charge is 2.51. The number of carbonyl (C=O) groups is 1. The van der Waals surface area contributed by atoms with Crippen LogP contribution in [0.25, 0.3) is 0 Å². The van der Waals surface area contributed by atoms with Gasteiger partial charge in [-0.2, -0.15) is 13.2 Å². The number of ether oxygens (including phenoxy) is 2. The quantitative estimate of drug-likeness (QED) is 0.644. The first kappa shape index (κ1) is 26.4. The molecule has 2 aliphatic heterocycles. The number of methoxy groups -OCH3 is 1. The van der Waals surface area contributed by atoms with Crippen LogP contribution in [-0.2, 0) is 36.8 Å². The molecular weight excluding hydrogens is 485 g/mol. The third-order valence-electron chi connectivity index (χ3n) is 7.83. The molecule has 0 unspecified atom stereocenters. The Balaban J connectivity index is 1.56. The summed E-state index contributed by atoms with van der Waals surface area (Å²) in [5.41, 5.74) is -1.70. The van der Waals surface area contributed by atoms with Crippen LogP contribution < -0.4 is 5.32 Å². The molecule has 1 saturated carbocycles. The van der Waals surface area contributed by atoms with Crippen molar-refractivity contribution in [2.75, 3.05) is 26.2 Å². The average molecular weight is 519 g/mol. The highest BCUT2D eigenvalue weighted by molar-refractivity contribution is 7.91. The van der Waals surface area contributed by atoms with Gasteiger partial charge in [-0.15, -0.1) is 0 Å². The Kier molecular flexibility index (Phi) is 7.27. The summed E-state index contributed by atoms with van der Waals surface area (Å²) >= 11 is 0. The van der Waals surface area contributed by atoms with Gasteiger partial charge in [0.15, 0.2) is 9.84 Å². The molecular formula is C24H33F3N2O5S. The normalized spacial score (nSPS) is 30.9. The van der Waals surface area contributed by atoms with Crippen LogP contribution in [-0.4, -0.2) is 63.6 Å². The molecule has 1 amide bonds. The summed E-state index contributed by atoms with van der Waals surface area (Å²) in [7, 11) is -2.29. The van der Waals surface area contributed by atoms with E-state index in [1.54, 1.807) is 7.11 Å². The van der Waals surface area contributed by atoms with Gasteiger partial charge in [0.2, 0.25) is 5.91 Å². The van der Waals surface area contributed by atoms with Crippen LogP contribution in [0, 0.1) is 11.3 Å². The van der Waals surface area contributed by atoms with Crippen LogP contribution in [0.3, 0.4) is 0 Å². The highest BCUT2D eigenvalue weighted by atomic mass is 32.2. The van der Waals surface area contributed by atoms with E-state index in [1.165, 1.54) is 4.90 Å². The van der Waals surface area contributed by atoms with Gasteiger partial charge < -0.3 is 19.7 Å². The fraction of sp³-hybridized carbons (Fsp3) is 0.708. The van der Waals surface area contributed by atoms with Crippen molar-refractivity contribution in [3.63, 3.8) is 0 Å². The number of sulfone groups is 1. The molecule has 1 aromatic rings. The van der Waals surface area contributed by atoms with E-state index in [9.17, 15) is 26.4 Å². The van der Waals surface area contributed by atoms with Crippen LogP contribution in [0.15, 0.2) is 23.1 Å². The minimum absolute atomic E-state index is 0.0103. The number of carbonyl (C=O) groups excluding carboxylic acids is 1. The lowest BCUT2D eigenvalue weighted by Crippen LogP contribution is -2.52. The minimum atomic E-state index is -4.60. The van der Waals surface area contributed by atoms with E-state index < -0.39 is 32.9 Å². The van der Waals surface area contributed by atoms with Gasteiger partial charge in [-0.05, 0) is 55.4 Å². The predicted molar refractivity (Wildman–Crippen MR) is 122 cm³/mol. The summed E-state index contributed by atoms with van der Waals surface area (Å²) < 4.78 is 76.6. The van der Waals surface area contributed by atoms with Crippen molar-refractivity contribution in [3.8, 4) is 0 Å². The molecule has 0 aromatic heterocycles. The number of rotatable bonds is 5. The Bertz CT molecular complexity index is 1060. The zero-order valence-corrected chi connectivity index (χ0v) is 21.0. The molecule has 0 bridgehead atoms. The SMILES string of the molecule is CO[C@H]1COCC[C@H]1N[C@@H]1CC[C@@](C(=O)N2Cc3cc(C(F)(F)F)ccc3S(=O)(=O)C2)(C(C)C)C1. The zero-order chi connectivity index (χ0) is 25.6. The van der Waals surface area contributed by atoms with E-state index in [1.807, 2.05) is 13.8 Å². The van der Waals surface area contributed by atoms with Gasteiger partial charge in [-0.3, -0.25) is 4.79 Å². The standard InChI is InChI=1S/C24H33F3N2O5S/c1-15(2)23(8-6-18(11-23)28-19-7-9-34-13-20(19)33-3)22(30)29-12-16-10-17(24(25,26)27)4-5-21(16)35(31,32)14-29/h4-5,10,15,18-20,28H,6-9,11-14H2,1-3H3/t18-,19-,20+,23+/m1/s1. The molecule has 0 radical (unpaired) electrons. The largest absolute Gasteiger partial charge is 0.416 e. The Morgan fingerprint density at radius 1 is 1.29 bits per heavy atom. The number of hydrogen-bond acceptors (Lipinski definition) is 6. The molecule has 1 saturated heterocycles. The molecule has 0 spiro atoms. The molecule has 1 N–H and O–H groups in total. The molecule has 1 aliphatic carbocycles. The van der Waals surface area contributed by atoms with Crippen LogP contribution in [0.4, 0.5) is 13.2 Å². The van der Waals surface area contributed by atoms with E-state index in [0.29, 0.717) is 26.1 Å². The number of halogens is 3. The van der Waals surface area contributed by atoms with E-state index in [4.69, 9.17) is 9.47 Å². The molecule has 2 fully saturated rings. The molecule has 4 rings (SSSR count). The maximum absolute atomic E-state index is 13.9. The number of nitrogens with zero attached hydrogens (tertiary/aromatic N) is 1. The molecule has 3 aliphatic rings. The van der Waals surface area contributed by atoms with E-state index in [2.05, 4.69) is 5.32 Å². The lowest BCUT2D eigenvalue weighted by Gasteiger charge is -2.40. The lowest BCUT2D eigenvalue weighted by atomic mass is 9.74. The number of benzene rings is 1. The van der Waals surface area contributed by atoms with Crippen LogP contribution in [0.1, 0.15) is 50.7 Å². The molecule has 2 heterocycles. The number of hydrogen-bond donors (Lipinski definition) is 1. The minimum Gasteiger partial charge on any atom is -0.379 e. The summed E-state index contributed by atoms with van der Waals surface area (Å²) in [4.78, 5) is 15.0. The van der Waals surface area contributed by atoms with Crippen molar-refractivity contribution in [3.05, 3.63) is 29.3 Å². The number of amides is 1. The predicted octanol–water partition coefficient (Wildman–Crippen LogP) is 3.37. The fourth-order valence-corrected chi connectivity index (χ4v) is 7.33. The highest BCUT2D eigenvalue weighted by Crippen LogP contribution is 2.47. The van der Waals surface area contributed by atoms with Crippen molar-refractivity contribution in [2.24, 2.45) is 11.3 Å². The zero-order valence-electron chi connectivity index (χ0n) is 20.2. The third-order valence-corrected chi connectivity index (χ3v) is 9.55. The van der Waals surface area contributed by atoms with Gasteiger partial charge in [0.05, 0.1) is 28.6 Å². The van der Waals surface area contributed by atoms with Gasteiger partial charge in [0.1, 0.15) is 5.88 Å². The summed E-state index contributed by atoms with van der Waals surface area (Å²) in [6, 6.07) is 2.78. The monoisotopic (exact) mass is 518 g/mol. The van der Waals surface area contributed by atoms with Gasteiger partial charge in [-0.1, -0.05) is 13.8 Å². The third kappa shape index (κ3) is 5.10. The first-order valence-electron chi connectivity index (χ1n) is 12.0. The van der Waals surface area contributed by atoms with Crippen molar-refractivity contribution in [1.29, 1.82) is 0 Å². The molecule has 196 valence electrons. The van der Waals surface area contributed by atoms with Crippen LogP contribution >= 0.6 is 0 Å². The molecule has 1 aromatic carbocycles. The topological polar surface area (TPSA) is 84.9 Å². The average Bonchev–Trinajstić information content (AvgIpc) is 3.22. The summed E-state index contributed by atoms with van der Waals surface area (Å²) in [5.74, 6) is -0.901. The number of fused-ring (bicyclic) bond motifs is 1. The second kappa shape index (κ2) is 9.64. The van der Waals surface area contributed by atoms with E-state index in [-0.39, 0.29) is 47.0 Å². The molecule has 7 nitrogen and oxygen atoms in total. The smallest absolute Gasteiger partial charge is 0.379 e. The van der Waals surface area contributed by atoms with Crippen molar-refractivity contribution < 1.29 is 35.9 Å². The summed E-state index contributed by atoms with van der Waals surface area (Å²) in [5, 5.41) is 3.62. The molecule has 4 atom stereocenters. The Morgan fingerprint density at radius 2 is 2.03 bits per heavy atom. The maximum atomic E-state index is 13.9. The van der Waals surface area contributed by atoms with Crippen molar-refractivity contribution in [2.45, 2.75) is 75.3 Å². The Labute approximate surface area is 204 Å². The Morgan fingerprint density at radius 3 is 2.69 bits per heavy atom. The maximum Gasteiger partial charge on any atom is 0.416 e. The van der Waals surface area contributed by atoms with Crippen LogP contribution in [0.5, 0.6) is 0 Å². The summed E-state index contributed by atoms with van der Waals surface area (Å²) in [6.45, 7) is 4.86. The van der Waals surface area contributed by atoms with Gasteiger partial charge in [-0.25, -0.2) is 8.42 Å². The lowest BCUT2D eigenvalue weighted by molar-refractivity contribution is -0.144.